The zero-order valence-corrected chi connectivity index (χ0v) is 21.4. The molecule has 0 aliphatic heterocycles. The fourth-order valence-electron chi connectivity index (χ4n) is 3.85. The van der Waals surface area contributed by atoms with E-state index < -0.39 is 20.7 Å². The molecule has 0 amide bonds. The zero-order chi connectivity index (χ0) is 27.2. The number of aliphatic carboxylic acids is 1. The number of nitrogens with one attached hydrogen (secondary N) is 1. The molecule has 4 rings (SSSR count). The highest BCUT2D eigenvalue weighted by Gasteiger charge is 2.45. The standard InChI is InChI=1S/C27H27N5O5S/c1-2-37-24-10-5-7-21(31-24)20-14-12-19(13-15-20)17-27(28,38(35,36)25-11-3-4-16-29-25)22-8-6-9-23(32-22)30-18-26(33)34/h3-16H,2,17-18,28H2,1H3,(H,30,32)(H,33,34). The summed E-state index contributed by atoms with van der Waals surface area (Å²) in [6, 6.07) is 21.9. The van der Waals surface area contributed by atoms with Gasteiger partial charge >= 0.3 is 5.97 Å². The number of sulfone groups is 1. The van der Waals surface area contributed by atoms with Gasteiger partial charge in [0.25, 0.3) is 0 Å². The summed E-state index contributed by atoms with van der Waals surface area (Å²) in [6.07, 6.45) is 1.26. The van der Waals surface area contributed by atoms with Crippen LogP contribution in [0.25, 0.3) is 11.3 Å². The summed E-state index contributed by atoms with van der Waals surface area (Å²) in [6.45, 7) is 1.99. The second-order valence-corrected chi connectivity index (χ2v) is 10.5. The maximum atomic E-state index is 13.9. The number of nitrogens with two attached hydrogens (primary N) is 1. The largest absolute Gasteiger partial charge is 0.480 e. The molecular formula is C27H27N5O5S. The van der Waals surface area contributed by atoms with Gasteiger partial charge in [-0.05, 0) is 42.8 Å². The van der Waals surface area contributed by atoms with E-state index in [2.05, 4.69) is 20.3 Å². The number of carboxylic acids is 1. The van der Waals surface area contributed by atoms with Gasteiger partial charge in [-0.1, -0.05) is 42.5 Å². The van der Waals surface area contributed by atoms with Crippen LogP contribution in [0.2, 0.25) is 0 Å². The van der Waals surface area contributed by atoms with Crippen molar-refractivity contribution in [2.45, 2.75) is 23.2 Å². The van der Waals surface area contributed by atoms with Gasteiger partial charge in [-0.15, -0.1) is 0 Å². The number of carboxylic acid groups (broad SMARTS) is 1. The molecule has 1 atom stereocenters. The van der Waals surface area contributed by atoms with Gasteiger partial charge in [0.1, 0.15) is 12.4 Å². The van der Waals surface area contributed by atoms with Crippen LogP contribution in [0.1, 0.15) is 18.2 Å². The van der Waals surface area contributed by atoms with E-state index in [9.17, 15) is 13.2 Å². The highest BCUT2D eigenvalue weighted by atomic mass is 32.2. The van der Waals surface area contributed by atoms with Crippen molar-refractivity contribution in [3.05, 3.63) is 96.3 Å². The van der Waals surface area contributed by atoms with Crippen LogP contribution in [0.5, 0.6) is 5.88 Å². The molecule has 0 bridgehead atoms. The predicted molar refractivity (Wildman–Crippen MR) is 142 cm³/mol. The van der Waals surface area contributed by atoms with Gasteiger partial charge in [0.15, 0.2) is 9.90 Å². The smallest absolute Gasteiger partial charge is 0.322 e. The summed E-state index contributed by atoms with van der Waals surface area (Å²) in [5.74, 6) is -0.385. The van der Waals surface area contributed by atoms with E-state index in [0.29, 0.717) is 23.7 Å². The maximum Gasteiger partial charge on any atom is 0.322 e. The molecule has 0 aliphatic carbocycles. The third-order valence-electron chi connectivity index (χ3n) is 5.73. The molecule has 38 heavy (non-hydrogen) atoms. The summed E-state index contributed by atoms with van der Waals surface area (Å²) >= 11 is 0. The Balaban J connectivity index is 1.72. The summed E-state index contributed by atoms with van der Waals surface area (Å²) in [5, 5.41) is 11.5. The molecule has 4 N–H and O–H groups in total. The lowest BCUT2D eigenvalue weighted by molar-refractivity contribution is -0.134. The van der Waals surface area contributed by atoms with E-state index in [0.717, 1.165) is 5.56 Å². The van der Waals surface area contributed by atoms with Crippen LogP contribution >= 0.6 is 0 Å². The molecule has 0 aliphatic rings. The van der Waals surface area contributed by atoms with Gasteiger partial charge in [-0.3, -0.25) is 4.79 Å². The fourth-order valence-corrected chi connectivity index (χ4v) is 5.43. The fraction of sp³-hybridized carbons (Fsp3) is 0.185. The first-order valence-electron chi connectivity index (χ1n) is 11.8. The van der Waals surface area contributed by atoms with Crippen LogP contribution in [0, 0.1) is 0 Å². The monoisotopic (exact) mass is 533 g/mol. The van der Waals surface area contributed by atoms with Crippen molar-refractivity contribution in [3.8, 4) is 17.1 Å². The van der Waals surface area contributed by atoms with Crippen molar-refractivity contribution in [1.29, 1.82) is 0 Å². The van der Waals surface area contributed by atoms with Crippen LogP contribution in [0.3, 0.4) is 0 Å². The van der Waals surface area contributed by atoms with Crippen molar-refractivity contribution in [1.82, 2.24) is 15.0 Å². The van der Waals surface area contributed by atoms with Gasteiger partial charge in [0.05, 0.1) is 18.0 Å². The minimum Gasteiger partial charge on any atom is -0.480 e. The Hall–Kier alpha value is -4.35. The SMILES string of the molecule is CCOc1cccc(-c2ccc(CC(N)(c3cccc(NCC(=O)O)n3)S(=O)(=O)c3ccccn3)cc2)n1. The number of pyridine rings is 3. The maximum absolute atomic E-state index is 13.9. The molecule has 10 nitrogen and oxygen atoms in total. The Kier molecular flexibility index (Phi) is 7.99. The Morgan fingerprint density at radius 2 is 1.76 bits per heavy atom. The van der Waals surface area contributed by atoms with Crippen molar-refractivity contribution >= 4 is 21.6 Å². The lowest BCUT2D eigenvalue weighted by Gasteiger charge is -2.29. The van der Waals surface area contributed by atoms with Gasteiger partial charge in [-0.2, -0.15) is 0 Å². The van der Waals surface area contributed by atoms with E-state index >= 15 is 0 Å². The van der Waals surface area contributed by atoms with Crippen LogP contribution in [-0.4, -0.2) is 47.6 Å². The highest BCUT2D eigenvalue weighted by molar-refractivity contribution is 7.92. The third-order valence-corrected chi connectivity index (χ3v) is 7.83. The lowest BCUT2D eigenvalue weighted by atomic mass is 10.0. The minimum absolute atomic E-state index is 0.0497. The molecule has 3 heterocycles. The van der Waals surface area contributed by atoms with Crippen LogP contribution in [-0.2, 0) is 25.9 Å². The van der Waals surface area contributed by atoms with Gasteiger partial charge in [0.2, 0.25) is 15.7 Å². The minimum atomic E-state index is -4.24. The van der Waals surface area contributed by atoms with E-state index in [1.807, 2.05) is 31.2 Å². The highest BCUT2D eigenvalue weighted by Crippen LogP contribution is 2.33. The molecule has 196 valence electrons. The van der Waals surface area contributed by atoms with Crippen molar-refractivity contribution < 1.29 is 23.1 Å². The first-order valence-corrected chi connectivity index (χ1v) is 13.3. The first kappa shape index (κ1) is 26.7. The Bertz CT molecular complexity index is 1510. The molecule has 0 spiro atoms. The number of anilines is 1. The quantitative estimate of drug-likeness (QED) is 0.261. The Labute approximate surface area is 220 Å². The van der Waals surface area contributed by atoms with Crippen molar-refractivity contribution in [3.63, 3.8) is 0 Å². The van der Waals surface area contributed by atoms with Gasteiger partial charge in [0, 0.05) is 24.2 Å². The Morgan fingerprint density at radius 1 is 1.00 bits per heavy atom. The zero-order valence-electron chi connectivity index (χ0n) is 20.6. The number of hydrogen-bond acceptors (Lipinski definition) is 9. The predicted octanol–water partition coefficient (Wildman–Crippen LogP) is 3.26. The first-order chi connectivity index (χ1) is 18.2. The number of carbonyl (C=O) groups is 1. The number of aromatic nitrogens is 3. The third kappa shape index (κ3) is 5.79. The summed E-state index contributed by atoms with van der Waals surface area (Å²) in [5.41, 5.74) is 8.95. The number of nitrogens with zero attached hydrogens (tertiary/aromatic N) is 3. The second-order valence-electron chi connectivity index (χ2n) is 8.38. The Morgan fingerprint density at radius 3 is 2.45 bits per heavy atom. The number of hydrogen-bond donors (Lipinski definition) is 3. The lowest BCUT2D eigenvalue weighted by Crippen LogP contribution is -2.47. The van der Waals surface area contributed by atoms with Crippen LogP contribution in [0.4, 0.5) is 5.82 Å². The van der Waals surface area contributed by atoms with Crippen molar-refractivity contribution in [2.75, 3.05) is 18.5 Å². The van der Waals surface area contributed by atoms with E-state index in [1.54, 1.807) is 42.5 Å². The average Bonchev–Trinajstić information content (AvgIpc) is 2.93. The van der Waals surface area contributed by atoms with Gasteiger partial charge < -0.3 is 20.9 Å². The number of ether oxygens (including phenoxy) is 1. The molecule has 0 fully saturated rings. The number of rotatable bonds is 11. The molecule has 3 aromatic heterocycles. The van der Waals surface area contributed by atoms with Crippen molar-refractivity contribution in [2.24, 2.45) is 5.73 Å². The summed E-state index contributed by atoms with van der Waals surface area (Å²) in [7, 11) is -4.24. The molecule has 0 saturated heterocycles. The van der Waals surface area contributed by atoms with E-state index in [-0.39, 0.29) is 29.5 Å². The van der Waals surface area contributed by atoms with E-state index in [1.165, 1.54) is 18.3 Å². The molecular weight excluding hydrogens is 506 g/mol. The molecule has 4 aromatic rings. The van der Waals surface area contributed by atoms with E-state index in [4.69, 9.17) is 15.6 Å². The molecule has 0 radical (unpaired) electrons. The molecule has 1 unspecified atom stereocenters. The topological polar surface area (TPSA) is 157 Å². The molecule has 1 aromatic carbocycles. The van der Waals surface area contributed by atoms with Crippen LogP contribution < -0.4 is 15.8 Å². The number of benzene rings is 1. The van der Waals surface area contributed by atoms with Gasteiger partial charge in [-0.25, -0.2) is 23.4 Å². The second kappa shape index (κ2) is 11.4. The molecule has 11 heteroatoms. The van der Waals surface area contributed by atoms with Crippen LogP contribution in [0.15, 0.2) is 90.1 Å². The summed E-state index contributed by atoms with van der Waals surface area (Å²) in [4.78, 5) is 21.9. The summed E-state index contributed by atoms with van der Waals surface area (Å²) < 4.78 is 33.2. The molecule has 0 saturated carbocycles. The normalized spacial score (nSPS) is 12.9. The average molecular weight is 534 g/mol.